The maximum Gasteiger partial charge on any atom is 0.268 e. The van der Waals surface area contributed by atoms with Crippen LogP contribution < -0.4 is 5.32 Å². The molecule has 3 heterocycles. The number of carbonyl (C=O) groups excluding carboxylic acids is 1. The van der Waals surface area contributed by atoms with Crippen LogP contribution in [0.4, 0.5) is 0 Å². The van der Waals surface area contributed by atoms with Gasteiger partial charge in [-0.15, -0.1) is 0 Å². The number of nitriles is 1. The van der Waals surface area contributed by atoms with Crippen molar-refractivity contribution in [3.05, 3.63) is 23.8 Å². The molecule has 2 aromatic rings. The van der Waals surface area contributed by atoms with Crippen molar-refractivity contribution in [2.24, 2.45) is 0 Å². The third-order valence-corrected chi connectivity index (χ3v) is 4.46. The first-order valence-electron chi connectivity index (χ1n) is 6.81. The lowest BCUT2D eigenvalue weighted by Crippen LogP contribution is -2.50. The summed E-state index contributed by atoms with van der Waals surface area (Å²) in [6.45, 7) is 0.647. The largest absolute Gasteiger partial charge is 0.348 e. The van der Waals surface area contributed by atoms with Gasteiger partial charge >= 0.3 is 0 Å². The molecule has 4 rings (SSSR count). The summed E-state index contributed by atoms with van der Waals surface area (Å²) in [6, 6.07) is 3.79. The molecule has 1 aliphatic heterocycles. The molecular formula is C14H13N5O. The Labute approximate surface area is 115 Å². The maximum atomic E-state index is 12.1. The number of nitrogens with zero attached hydrogens (tertiary/aromatic N) is 4. The van der Waals surface area contributed by atoms with E-state index in [0.717, 1.165) is 31.1 Å². The van der Waals surface area contributed by atoms with Gasteiger partial charge in [0.25, 0.3) is 5.91 Å². The normalized spacial score (nSPS) is 19.9. The van der Waals surface area contributed by atoms with Gasteiger partial charge in [-0.2, -0.15) is 5.26 Å². The number of rotatable bonds is 0. The minimum absolute atomic E-state index is 0.0703. The summed E-state index contributed by atoms with van der Waals surface area (Å²) in [5.74, 6) is 0.0801. The van der Waals surface area contributed by atoms with Crippen LogP contribution in [0, 0.1) is 11.3 Å². The van der Waals surface area contributed by atoms with Gasteiger partial charge in [0.05, 0.1) is 5.54 Å². The van der Waals surface area contributed by atoms with Gasteiger partial charge in [-0.05, 0) is 18.9 Å². The number of hydrogen-bond donors (Lipinski definition) is 1. The van der Waals surface area contributed by atoms with Gasteiger partial charge in [-0.3, -0.25) is 4.79 Å². The van der Waals surface area contributed by atoms with Crippen LogP contribution in [0.3, 0.4) is 0 Å². The molecule has 1 fully saturated rings. The average molecular weight is 267 g/mol. The highest BCUT2D eigenvalue weighted by molar-refractivity contribution is 5.99. The van der Waals surface area contributed by atoms with Crippen LogP contribution in [0.25, 0.3) is 11.0 Å². The van der Waals surface area contributed by atoms with Gasteiger partial charge in [0, 0.05) is 18.1 Å². The summed E-state index contributed by atoms with van der Waals surface area (Å²) in [4.78, 5) is 20.4. The minimum Gasteiger partial charge on any atom is -0.348 e. The highest BCUT2D eigenvalue weighted by Crippen LogP contribution is 2.41. The number of carbonyl (C=O) groups is 1. The van der Waals surface area contributed by atoms with Gasteiger partial charge in [0.1, 0.15) is 17.4 Å². The molecule has 6 nitrogen and oxygen atoms in total. The summed E-state index contributed by atoms with van der Waals surface area (Å²) in [5.41, 5.74) is 1.27. The zero-order chi connectivity index (χ0) is 13.7. The topological polar surface area (TPSA) is 83.6 Å². The molecule has 0 bridgehead atoms. The Hall–Kier alpha value is -2.42. The van der Waals surface area contributed by atoms with Crippen LogP contribution in [-0.2, 0) is 5.54 Å². The van der Waals surface area contributed by atoms with E-state index in [1.165, 1.54) is 0 Å². The summed E-state index contributed by atoms with van der Waals surface area (Å²) >= 11 is 0. The summed E-state index contributed by atoms with van der Waals surface area (Å²) < 4.78 is 2.05. The van der Waals surface area contributed by atoms with Gasteiger partial charge in [0.2, 0.25) is 5.82 Å². The Morgan fingerprint density at radius 1 is 1.40 bits per heavy atom. The Morgan fingerprint density at radius 3 is 2.95 bits per heavy atom. The first-order chi connectivity index (χ1) is 9.73. The lowest BCUT2D eigenvalue weighted by Gasteiger charge is -2.36. The molecule has 6 heteroatoms. The van der Waals surface area contributed by atoms with Crippen molar-refractivity contribution < 1.29 is 4.79 Å². The molecule has 20 heavy (non-hydrogen) atoms. The standard InChI is InChI=1S/C14H13N5O/c15-6-11-16-7-9-5-10-13(20)17-8-14(3-1-2-4-14)19(10)12(9)18-11/h5,7H,1-4,8H2,(H,17,20). The van der Waals surface area contributed by atoms with E-state index in [1.54, 1.807) is 6.20 Å². The molecule has 1 amide bonds. The lowest BCUT2D eigenvalue weighted by molar-refractivity contribution is 0.0876. The van der Waals surface area contributed by atoms with Crippen LogP contribution in [0.15, 0.2) is 12.3 Å². The van der Waals surface area contributed by atoms with Crippen LogP contribution in [0.2, 0.25) is 0 Å². The zero-order valence-electron chi connectivity index (χ0n) is 10.9. The van der Waals surface area contributed by atoms with Crippen LogP contribution in [0.5, 0.6) is 0 Å². The maximum absolute atomic E-state index is 12.1. The molecule has 0 saturated heterocycles. The lowest BCUT2D eigenvalue weighted by atomic mass is 9.94. The van der Waals surface area contributed by atoms with Gasteiger partial charge in [-0.1, -0.05) is 12.8 Å². The second kappa shape index (κ2) is 3.79. The van der Waals surface area contributed by atoms with Crippen molar-refractivity contribution in [2.45, 2.75) is 31.2 Å². The van der Waals surface area contributed by atoms with E-state index >= 15 is 0 Å². The molecule has 100 valence electrons. The molecule has 1 aliphatic carbocycles. The van der Waals surface area contributed by atoms with Crippen molar-refractivity contribution in [2.75, 3.05) is 6.54 Å². The van der Waals surface area contributed by atoms with Crippen molar-refractivity contribution in [3.8, 4) is 6.07 Å². The molecular weight excluding hydrogens is 254 g/mol. The fourth-order valence-corrected chi connectivity index (χ4v) is 3.54. The van der Waals surface area contributed by atoms with E-state index in [1.807, 2.05) is 12.1 Å². The Bertz CT molecular complexity index is 764. The second-order valence-corrected chi connectivity index (χ2v) is 5.56. The van der Waals surface area contributed by atoms with E-state index < -0.39 is 0 Å². The molecule has 2 aromatic heterocycles. The van der Waals surface area contributed by atoms with E-state index in [2.05, 4.69) is 19.9 Å². The predicted molar refractivity (Wildman–Crippen MR) is 71.0 cm³/mol. The molecule has 0 aromatic carbocycles. The van der Waals surface area contributed by atoms with Crippen LogP contribution >= 0.6 is 0 Å². The molecule has 0 radical (unpaired) electrons. The quantitative estimate of drug-likeness (QED) is 0.780. The first-order valence-corrected chi connectivity index (χ1v) is 6.81. The molecule has 1 N–H and O–H groups in total. The number of nitrogens with one attached hydrogen (secondary N) is 1. The molecule has 2 aliphatic rings. The zero-order valence-corrected chi connectivity index (χ0v) is 10.9. The van der Waals surface area contributed by atoms with Gasteiger partial charge < -0.3 is 9.88 Å². The van der Waals surface area contributed by atoms with E-state index in [4.69, 9.17) is 5.26 Å². The Morgan fingerprint density at radius 2 is 2.20 bits per heavy atom. The van der Waals surface area contributed by atoms with Crippen LogP contribution in [0.1, 0.15) is 42.0 Å². The van der Waals surface area contributed by atoms with E-state index in [0.29, 0.717) is 17.9 Å². The van der Waals surface area contributed by atoms with Crippen molar-refractivity contribution in [1.82, 2.24) is 19.9 Å². The van der Waals surface area contributed by atoms with Gasteiger partial charge in [-0.25, -0.2) is 9.97 Å². The monoisotopic (exact) mass is 267 g/mol. The average Bonchev–Trinajstić information content (AvgIpc) is 3.08. The fraction of sp³-hybridized carbons (Fsp3) is 0.429. The first kappa shape index (κ1) is 11.4. The molecule has 1 saturated carbocycles. The summed E-state index contributed by atoms with van der Waals surface area (Å²) in [5, 5.41) is 12.8. The molecule has 0 unspecified atom stereocenters. The number of fused-ring (bicyclic) bond motifs is 4. The van der Waals surface area contributed by atoms with Crippen molar-refractivity contribution in [1.29, 1.82) is 5.26 Å². The highest BCUT2D eigenvalue weighted by Gasteiger charge is 2.42. The van der Waals surface area contributed by atoms with E-state index in [9.17, 15) is 4.79 Å². The third-order valence-electron chi connectivity index (χ3n) is 4.46. The minimum atomic E-state index is -0.0773. The van der Waals surface area contributed by atoms with Crippen LogP contribution in [-0.4, -0.2) is 27.0 Å². The highest BCUT2D eigenvalue weighted by atomic mass is 16.2. The summed E-state index contributed by atoms with van der Waals surface area (Å²) in [7, 11) is 0. The number of hydrogen-bond acceptors (Lipinski definition) is 4. The Balaban J connectivity index is 2.06. The number of aromatic nitrogens is 3. The van der Waals surface area contributed by atoms with E-state index in [-0.39, 0.29) is 17.3 Å². The predicted octanol–water partition coefficient (Wildman–Crippen LogP) is 1.32. The molecule has 0 atom stereocenters. The second-order valence-electron chi connectivity index (χ2n) is 5.56. The smallest absolute Gasteiger partial charge is 0.268 e. The van der Waals surface area contributed by atoms with Crippen molar-refractivity contribution in [3.63, 3.8) is 0 Å². The number of amides is 1. The fourth-order valence-electron chi connectivity index (χ4n) is 3.54. The third kappa shape index (κ3) is 1.35. The SMILES string of the molecule is N#Cc1ncc2cc3n(c2n1)C1(CCCC1)CNC3=O. The summed E-state index contributed by atoms with van der Waals surface area (Å²) in [6.07, 6.45) is 6.02. The molecule has 1 spiro atoms. The van der Waals surface area contributed by atoms with Gasteiger partial charge in [0.15, 0.2) is 0 Å². The van der Waals surface area contributed by atoms with Crippen molar-refractivity contribution >= 4 is 16.9 Å². The Kier molecular flexibility index (Phi) is 2.16.